The molecule has 0 spiro atoms. The van der Waals surface area contributed by atoms with Crippen molar-refractivity contribution in [1.29, 1.82) is 0 Å². The lowest BCUT2D eigenvalue weighted by Crippen LogP contribution is -2.49. The van der Waals surface area contributed by atoms with E-state index in [9.17, 15) is 4.79 Å². The highest BCUT2D eigenvalue weighted by atomic mass is 16.5. The highest BCUT2D eigenvalue weighted by molar-refractivity contribution is 5.65. The average Bonchev–Trinajstić information content (AvgIpc) is 3.03. The summed E-state index contributed by atoms with van der Waals surface area (Å²) in [5, 5.41) is 6.45. The first-order valence-corrected chi connectivity index (χ1v) is 12.2. The van der Waals surface area contributed by atoms with Gasteiger partial charge in [-0.25, -0.2) is 0 Å². The topological polar surface area (TPSA) is 85.6 Å². The summed E-state index contributed by atoms with van der Waals surface area (Å²) in [4.78, 5) is 11.2. The quantitative estimate of drug-likeness (QED) is 0.377. The summed E-state index contributed by atoms with van der Waals surface area (Å²) in [5.74, 6) is 0.735. The second-order valence-corrected chi connectivity index (χ2v) is 8.81. The second kappa shape index (κ2) is 15.2. The van der Waals surface area contributed by atoms with Gasteiger partial charge in [0.25, 0.3) is 0 Å². The SMILES string of the molecule is C=C1CCOCC(C=O)(CCCNCC)N1.NCCOC1CCC(c2ccccc2)CC1. The van der Waals surface area contributed by atoms with Crippen LogP contribution in [0.1, 0.15) is 63.4 Å². The van der Waals surface area contributed by atoms with Gasteiger partial charge in [-0.2, -0.15) is 0 Å². The zero-order valence-corrected chi connectivity index (χ0v) is 19.8. The van der Waals surface area contributed by atoms with E-state index in [-0.39, 0.29) is 0 Å². The van der Waals surface area contributed by atoms with Gasteiger partial charge in [0.1, 0.15) is 11.8 Å². The molecular formula is C26H43N3O3. The molecule has 2 fully saturated rings. The number of nitrogens with two attached hydrogens (primary N) is 1. The maximum atomic E-state index is 11.2. The lowest BCUT2D eigenvalue weighted by Gasteiger charge is -2.28. The van der Waals surface area contributed by atoms with Gasteiger partial charge in [-0.05, 0) is 63.1 Å². The number of rotatable bonds is 10. The molecule has 1 atom stereocenters. The number of carbonyl (C=O) groups is 1. The largest absolute Gasteiger partial charge is 0.378 e. The molecule has 1 aliphatic carbocycles. The first-order chi connectivity index (χ1) is 15.6. The van der Waals surface area contributed by atoms with Crippen LogP contribution in [0.25, 0.3) is 0 Å². The second-order valence-electron chi connectivity index (χ2n) is 8.81. The number of ether oxygens (including phenoxy) is 2. The van der Waals surface area contributed by atoms with Gasteiger partial charge in [0.05, 0.1) is 25.9 Å². The van der Waals surface area contributed by atoms with Crippen molar-refractivity contribution in [1.82, 2.24) is 10.6 Å². The van der Waals surface area contributed by atoms with Crippen molar-refractivity contribution in [3.05, 3.63) is 48.2 Å². The van der Waals surface area contributed by atoms with E-state index in [2.05, 4.69) is 54.5 Å². The van der Waals surface area contributed by atoms with Crippen LogP contribution in [-0.4, -0.2) is 57.4 Å². The van der Waals surface area contributed by atoms with Gasteiger partial charge in [-0.15, -0.1) is 0 Å². The van der Waals surface area contributed by atoms with Crippen molar-refractivity contribution in [3.63, 3.8) is 0 Å². The summed E-state index contributed by atoms with van der Waals surface area (Å²) >= 11 is 0. The predicted octanol–water partition coefficient (Wildman–Crippen LogP) is 3.53. The molecule has 4 N–H and O–H groups in total. The van der Waals surface area contributed by atoms with Crippen molar-refractivity contribution in [2.45, 2.75) is 69.4 Å². The molecule has 2 aliphatic rings. The first kappa shape index (κ1) is 26.5. The smallest absolute Gasteiger partial charge is 0.147 e. The molecule has 180 valence electrons. The van der Waals surface area contributed by atoms with Gasteiger partial charge in [-0.3, -0.25) is 0 Å². The molecule has 3 rings (SSSR count). The molecule has 0 amide bonds. The van der Waals surface area contributed by atoms with E-state index in [0.717, 1.165) is 50.3 Å². The summed E-state index contributed by atoms with van der Waals surface area (Å²) in [6, 6.07) is 10.8. The third kappa shape index (κ3) is 9.41. The van der Waals surface area contributed by atoms with E-state index >= 15 is 0 Å². The zero-order valence-electron chi connectivity index (χ0n) is 19.8. The Hall–Kier alpha value is -1.73. The molecule has 1 unspecified atom stereocenters. The van der Waals surface area contributed by atoms with Crippen LogP contribution in [0.15, 0.2) is 42.6 Å². The van der Waals surface area contributed by atoms with Crippen molar-refractivity contribution in [3.8, 4) is 0 Å². The third-order valence-corrected chi connectivity index (χ3v) is 6.20. The Morgan fingerprint density at radius 3 is 2.69 bits per heavy atom. The van der Waals surface area contributed by atoms with Crippen LogP contribution in [0.3, 0.4) is 0 Å². The van der Waals surface area contributed by atoms with Crippen molar-refractivity contribution >= 4 is 6.29 Å². The van der Waals surface area contributed by atoms with Gasteiger partial charge in [0.15, 0.2) is 0 Å². The summed E-state index contributed by atoms with van der Waals surface area (Å²) in [5.41, 5.74) is 7.25. The fraction of sp³-hybridized carbons (Fsp3) is 0.654. The number of nitrogens with one attached hydrogen (secondary N) is 2. The van der Waals surface area contributed by atoms with Gasteiger partial charge in [0.2, 0.25) is 0 Å². The Kier molecular flexibility index (Phi) is 12.6. The minimum Gasteiger partial charge on any atom is -0.378 e. The Bertz CT molecular complexity index is 647. The van der Waals surface area contributed by atoms with E-state index in [1.807, 2.05) is 0 Å². The number of hydrogen-bond donors (Lipinski definition) is 3. The predicted molar refractivity (Wildman–Crippen MR) is 131 cm³/mol. The highest BCUT2D eigenvalue weighted by Crippen LogP contribution is 2.33. The molecule has 0 aromatic heterocycles. The van der Waals surface area contributed by atoms with Crippen LogP contribution in [0.2, 0.25) is 0 Å². The van der Waals surface area contributed by atoms with E-state index in [1.54, 1.807) is 0 Å². The average molecular weight is 446 g/mol. The van der Waals surface area contributed by atoms with E-state index in [1.165, 1.54) is 31.2 Å². The van der Waals surface area contributed by atoms with Crippen molar-refractivity contribution in [2.75, 3.05) is 39.5 Å². The molecule has 1 aliphatic heterocycles. The first-order valence-electron chi connectivity index (χ1n) is 12.2. The number of aldehydes is 1. The minimum absolute atomic E-state index is 0.446. The minimum atomic E-state index is -0.566. The molecule has 1 saturated heterocycles. The normalized spacial score (nSPS) is 25.8. The van der Waals surface area contributed by atoms with Crippen LogP contribution in [-0.2, 0) is 14.3 Å². The van der Waals surface area contributed by atoms with Crippen molar-refractivity contribution in [2.24, 2.45) is 5.73 Å². The zero-order chi connectivity index (χ0) is 23.1. The maximum absolute atomic E-state index is 11.2. The molecule has 32 heavy (non-hydrogen) atoms. The Morgan fingerprint density at radius 2 is 2.03 bits per heavy atom. The van der Waals surface area contributed by atoms with Gasteiger partial charge >= 0.3 is 0 Å². The summed E-state index contributed by atoms with van der Waals surface area (Å²) in [7, 11) is 0. The fourth-order valence-electron chi connectivity index (χ4n) is 4.39. The van der Waals surface area contributed by atoms with Crippen LogP contribution in [0, 0.1) is 0 Å². The summed E-state index contributed by atoms with van der Waals surface area (Å²) in [6.45, 7) is 10.3. The molecule has 6 nitrogen and oxygen atoms in total. The molecular weight excluding hydrogens is 402 g/mol. The monoisotopic (exact) mass is 445 g/mol. The number of benzene rings is 1. The molecule has 0 radical (unpaired) electrons. The Morgan fingerprint density at radius 1 is 1.28 bits per heavy atom. The van der Waals surface area contributed by atoms with Crippen LogP contribution >= 0.6 is 0 Å². The third-order valence-electron chi connectivity index (χ3n) is 6.20. The Balaban J connectivity index is 0.000000227. The number of hydrogen-bond acceptors (Lipinski definition) is 6. The lowest BCUT2D eigenvalue weighted by molar-refractivity contribution is -0.115. The maximum Gasteiger partial charge on any atom is 0.147 e. The van der Waals surface area contributed by atoms with Crippen LogP contribution < -0.4 is 16.4 Å². The van der Waals surface area contributed by atoms with Crippen molar-refractivity contribution < 1.29 is 14.3 Å². The molecule has 0 bridgehead atoms. The van der Waals surface area contributed by atoms with Crippen LogP contribution in [0.4, 0.5) is 0 Å². The summed E-state index contributed by atoms with van der Waals surface area (Å²) < 4.78 is 11.1. The van der Waals surface area contributed by atoms with Gasteiger partial charge < -0.3 is 30.6 Å². The fourth-order valence-corrected chi connectivity index (χ4v) is 4.39. The molecule has 1 aromatic rings. The molecule has 1 aromatic carbocycles. The van der Waals surface area contributed by atoms with Crippen LogP contribution in [0.5, 0.6) is 0 Å². The standard InChI is InChI=1S/C14H21NO.C12H22N2O2/c15-10-11-16-14-8-6-13(7-9-14)12-4-2-1-3-5-12;1-3-13-7-4-6-12(9-15)10-16-8-5-11(2)14-12/h1-5,13-14H,6-11,15H2;9,13-14H,2-8,10H2,1H3. The molecule has 6 heteroatoms. The lowest BCUT2D eigenvalue weighted by atomic mass is 9.83. The number of carbonyl (C=O) groups excluding carboxylic acids is 1. The van der Waals surface area contributed by atoms with Gasteiger partial charge in [-0.1, -0.05) is 43.8 Å². The molecule has 1 saturated carbocycles. The molecule has 1 heterocycles. The van der Waals surface area contributed by atoms with E-state index in [4.69, 9.17) is 15.2 Å². The van der Waals surface area contributed by atoms with E-state index < -0.39 is 5.54 Å². The summed E-state index contributed by atoms with van der Waals surface area (Å²) in [6.07, 6.45) is 8.79. The van der Waals surface area contributed by atoms with Gasteiger partial charge in [0, 0.05) is 18.7 Å². The van der Waals surface area contributed by atoms with E-state index in [0.29, 0.717) is 32.5 Å². The Labute approximate surface area is 194 Å². The highest BCUT2D eigenvalue weighted by Gasteiger charge is 2.31.